The Kier molecular flexibility index (Phi) is 5.68. The number of carbonyl (C=O) groups is 1. The molecule has 0 atom stereocenters. The minimum Gasteiger partial charge on any atom is -0.459 e. The Morgan fingerprint density at radius 3 is 2.55 bits per heavy atom. The number of esters is 1. The number of aromatic amines is 1. The Balaban J connectivity index is 1.87. The van der Waals surface area contributed by atoms with Crippen molar-refractivity contribution < 1.29 is 9.53 Å². The van der Waals surface area contributed by atoms with Crippen LogP contribution >= 0.6 is 11.6 Å². The van der Waals surface area contributed by atoms with Crippen molar-refractivity contribution >= 4 is 28.6 Å². The fourth-order valence-electron chi connectivity index (χ4n) is 4.49. The van der Waals surface area contributed by atoms with E-state index in [1.165, 1.54) is 12.3 Å². The molecule has 0 spiro atoms. The second-order valence-corrected chi connectivity index (χ2v) is 8.66. The fourth-order valence-corrected chi connectivity index (χ4v) is 4.74. The number of aryl methyl sites for hydroxylation is 1. The monoisotopic (exact) mass is 459 g/mol. The second kappa shape index (κ2) is 8.79. The molecule has 1 N–H and O–H groups in total. The Morgan fingerprint density at radius 1 is 1.06 bits per heavy atom. The molecule has 0 unspecified atom stereocenters. The first kappa shape index (κ1) is 21.3. The summed E-state index contributed by atoms with van der Waals surface area (Å²) >= 11 is 6.30. The molecule has 0 bridgehead atoms. The first-order valence-electron chi connectivity index (χ1n) is 11.0. The van der Waals surface area contributed by atoms with E-state index in [-0.39, 0.29) is 22.5 Å². The van der Waals surface area contributed by atoms with Crippen LogP contribution in [0.1, 0.15) is 41.7 Å². The largest absolute Gasteiger partial charge is 0.459 e. The lowest BCUT2D eigenvalue weighted by Gasteiger charge is -2.19. The Labute approximate surface area is 195 Å². The summed E-state index contributed by atoms with van der Waals surface area (Å²) in [5.41, 5.74) is 3.46. The number of benzene rings is 1. The fraction of sp³-hybridized carbons (Fsp3) is 0.231. The molecule has 33 heavy (non-hydrogen) atoms. The van der Waals surface area contributed by atoms with Crippen molar-refractivity contribution in [2.45, 2.75) is 38.7 Å². The number of pyridine rings is 3. The quantitative estimate of drug-likeness (QED) is 0.312. The summed E-state index contributed by atoms with van der Waals surface area (Å²) < 4.78 is 5.91. The molecule has 1 aliphatic carbocycles. The van der Waals surface area contributed by atoms with Gasteiger partial charge in [0.05, 0.1) is 16.6 Å². The third-order valence-electron chi connectivity index (χ3n) is 5.94. The highest BCUT2D eigenvalue weighted by molar-refractivity contribution is 6.29. The van der Waals surface area contributed by atoms with E-state index in [1.54, 1.807) is 6.07 Å². The summed E-state index contributed by atoms with van der Waals surface area (Å²) in [6, 6.07) is 14.5. The second-order valence-electron chi connectivity index (χ2n) is 8.27. The molecule has 0 saturated heterocycles. The molecule has 5 rings (SSSR count). The lowest BCUT2D eigenvalue weighted by molar-refractivity contribution is 0.0321. The van der Waals surface area contributed by atoms with Gasteiger partial charge < -0.3 is 9.72 Å². The summed E-state index contributed by atoms with van der Waals surface area (Å²) in [6.45, 7) is 1.83. The van der Waals surface area contributed by atoms with Crippen LogP contribution < -0.4 is 5.43 Å². The minimum absolute atomic E-state index is 0.153. The van der Waals surface area contributed by atoms with Gasteiger partial charge in [-0.15, -0.1) is 0 Å². The normalized spacial score (nSPS) is 14.0. The number of H-pyrrole nitrogens is 1. The van der Waals surface area contributed by atoms with Gasteiger partial charge in [0.25, 0.3) is 0 Å². The molecule has 1 fully saturated rings. The number of fused-ring (bicyclic) bond motifs is 1. The van der Waals surface area contributed by atoms with Crippen LogP contribution in [0.15, 0.2) is 59.5 Å². The maximum absolute atomic E-state index is 13.7. The highest BCUT2D eigenvalue weighted by atomic mass is 35.5. The Morgan fingerprint density at radius 2 is 1.82 bits per heavy atom. The molecular formula is C26H22ClN3O3. The number of nitrogens with zero attached hydrogens (tertiary/aromatic N) is 2. The maximum Gasteiger partial charge on any atom is 0.340 e. The van der Waals surface area contributed by atoms with E-state index in [1.807, 2.05) is 43.3 Å². The zero-order chi connectivity index (χ0) is 22.9. The van der Waals surface area contributed by atoms with E-state index in [0.29, 0.717) is 33.3 Å². The van der Waals surface area contributed by atoms with Crippen LogP contribution in [0.3, 0.4) is 0 Å². The molecule has 0 radical (unpaired) electrons. The van der Waals surface area contributed by atoms with E-state index in [9.17, 15) is 9.59 Å². The van der Waals surface area contributed by atoms with E-state index < -0.39 is 5.97 Å². The molecule has 166 valence electrons. The average molecular weight is 460 g/mol. The van der Waals surface area contributed by atoms with Gasteiger partial charge in [0.2, 0.25) is 0 Å². The summed E-state index contributed by atoms with van der Waals surface area (Å²) in [5.74, 6) is -0.524. The van der Waals surface area contributed by atoms with Gasteiger partial charge in [0, 0.05) is 29.1 Å². The summed E-state index contributed by atoms with van der Waals surface area (Å²) in [7, 11) is 0. The van der Waals surface area contributed by atoms with Gasteiger partial charge in [-0.2, -0.15) is 0 Å². The number of hydrogen-bond donors (Lipinski definition) is 1. The number of rotatable bonds is 4. The number of halogens is 1. The average Bonchev–Trinajstić information content (AvgIpc) is 3.31. The highest BCUT2D eigenvalue weighted by Gasteiger charge is 2.29. The van der Waals surface area contributed by atoms with E-state index in [4.69, 9.17) is 21.3 Å². The van der Waals surface area contributed by atoms with Crippen LogP contribution in [0.2, 0.25) is 5.15 Å². The smallest absolute Gasteiger partial charge is 0.340 e. The number of hydrogen-bond acceptors (Lipinski definition) is 5. The van der Waals surface area contributed by atoms with Crippen LogP contribution in [0, 0.1) is 6.92 Å². The predicted molar refractivity (Wildman–Crippen MR) is 128 cm³/mol. The van der Waals surface area contributed by atoms with Gasteiger partial charge in [-0.25, -0.2) is 14.8 Å². The number of carbonyl (C=O) groups excluding carboxylic acids is 1. The van der Waals surface area contributed by atoms with Crippen molar-refractivity contribution in [1.82, 2.24) is 15.0 Å². The lowest BCUT2D eigenvalue weighted by Crippen LogP contribution is -2.19. The van der Waals surface area contributed by atoms with Gasteiger partial charge in [-0.05, 0) is 50.3 Å². The molecule has 6 nitrogen and oxygen atoms in total. The summed E-state index contributed by atoms with van der Waals surface area (Å²) in [6.07, 6.45) is 5.08. The summed E-state index contributed by atoms with van der Waals surface area (Å²) in [4.78, 5) is 38.7. The third-order valence-corrected chi connectivity index (χ3v) is 6.13. The first-order valence-corrected chi connectivity index (χ1v) is 11.4. The molecule has 1 saturated carbocycles. The van der Waals surface area contributed by atoms with E-state index in [0.717, 1.165) is 31.2 Å². The summed E-state index contributed by atoms with van der Waals surface area (Å²) in [5, 5.41) is 0.502. The van der Waals surface area contributed by atoms with Crippen LogP contribution in [0.4, 0.5) is 0 Å². The van der Waals surface area contributed by atoms with Crippen LogP contribution in [-0.4, -0.2) is 27.0 Å². The van der Waals surface area contributed by atoms with Gasteiger partial charge in [0.15, 0.2) is 5.43 Å². The topological polar surface area (TPSA) is 84.9 Å². The van der Waals surface area contributed by atoms with Crippen molar-refractivity contribution in [3.05, 3.63) is 81.4 Å². The predicted octanol–water partition coefficient (Wildman–Crippen LogP) is 5.71. The van der Waals surface area contributed by atoms with Gasteiger partial charge in [0.1, 0.15) is 16.9 Å². The maximum atomic E-state index is 13.7. The van der Waals surface area contributed by atoms with Gasteiger partial charge in [-0.1, -0.05) is 41.9 Å². The highest BCUT2D eigenvalue weighted by Crippen LogP contribution is 2.38. The SMILES string of the molecule is Cc1cc(-c2c(-c3ccccc3)nc3[nH]ccc(=O)c3c2C(=O)OC2CCCC2)cc(Cl)n1. The van der Waals surface area contributed by atoms with Crippen LogP contribution in [-0.2, 0) is 4.74 Å². The van der Waals surface area contributed by atoms with Crippen molar-refractivity contribution in [3.8, 4) is 22.4 Å². The molecule has 1 aromatic carbocycles. The Hall–Kier alpha value is -3.51. The molecule has 1 aliphatic rings. The van der Waals surface area contributed by atoms with Crippen LogP contribution in [0.5, 0.6) is 0 Å². The van der Waals surface area contributed by atoms with Crippen molar-refractivity contribution in [2.24, 2.45) is 0 Å². The zero-order valence-electron chi connectivity index (χ0n) is 18.1. The molecule has 0 amide bonds. The minimum atomic E-state index is -0.524. The Bertz CT molecular complexity index is 1390. The van der Waals surface area contributed by atoms with Crippen molar-refractivity contribution in [3.63, 3.8) is 0 Å². The molecular weight excluding hydrogens is 438 g/mol. The molecule has 3 aromatic heterocycles. The number of ether oxygens (including phenoxy) is 1. The molecule has 3 heterocycles. The van der Waals surface area contributed by atoms with Crippen LogP contribution in [0.25, 0.3) is 33.4 Å². The molecule has 0 aliphatic heterocycles. The van der Waals surface area contributed by atoms with E-state index >= 15 is 0 Å². The van der Waals surface area contributed by atoms with Crippen molar-refractivity contribution in [1.29, 1.82) is 0 Å². The van der Waals surface area contributed by atoms with Crippen molar-refractivity contribution in [2.75, 3.05) is 0 Å². The number of nitrogens with one attached hydrogen (secondary N) is 1. The molecule has 7 heteroatoms. The number of aromatic nitrogens is 3. The first-order chi connectivity index (χ1) is 16.0. The zero-order valence-corrected chi connectivity index (χ0v) is 18.9. The lowest BCUT2D eigenvalue weighted by atomic mass is 9.92. The third kappa shape index (κ3) is 4.14. The molecule has 4 aromatic rings. The standard InChI is InChI=1S/C26H22ClN3O3/c1-15-13-17(14-20(27)29-15)21-23(26(32)33-18-9-5-6-10-18)22-19(31)11-12-28-25(22)30-24(21)16-7-3-2-4-8-16/h2-4,7-8,11-14,18H,5-6,9-10H2,1H3,(H,28,30,31). The van der Waals surface area contributed by atoms with Gasteiger partial charge in [-0.3, -0.25) is 4.79 Å². The van der Waals surface area contributed by atoms with E-state index in [2.05, 4.69) is 9.97 Å². The van der Waals surface area contributed by atoms with Gasteiger partial charge >= 0.3 is 5.97 Å².